The van der Waals surface area contributed by atoms with E-state index >= 15 is 0 Å². The zero-order valence-corrected chi connectivity index (χ0v) is 15.6. The van der Waals surface area contributed by atoms with E-state index in [1.165, 1.54) is 40.5 Å². The number of aromatic nitrogens is 1. The van der Waals surface area contributed by atoms with E-state index in [-0.39, 0.29) is 5.91 Å². The molecular formula is C20H21N3OS. The van der Waals surface area contributed by atoms with Gasteiger partial charge in [0.1, 0.15) is 0 Å². The van der Waals surface area contributed by atoms with Gasteiger partial charge in [0.05, 0.1) is 5.69 Å². The van der Waals surface area contributed by atoms with E-state index < -0.39 is 0 Å². The molecule has 0 unspecified atom stereocenters. The Morgan fingerprint density at radius 3 is 2.32 bits per heavy atom. The van der Waals surface area contributed by atoms with Gasteiger partial charge in [-0.1, -0.05) is 35.9 Å². The Labute approximate surface area is 151 Å². The number of aryl methyl sites for hydroxylation is 3. The van der Waals surface area contributed by atoms with Crippen LogP contribution < -0.4 is 10.2 Å². The molecule has 5 heteroatoms. The zero-order chi connectivity index (χ0) is 18.0. The first kappa shape index (κ1) is 17.2. The number of nitrogens with zero attached hydrogens (tertiary/aromatic N) is 2. The molecule has 1 heterocycles. The van der Waals surface area contributed by atoms with Gasteiger partial charge in [-0.3, -0.25) is 9.36 Å². The first-order valence-corrected chi connectivity index (χ1v) is 9.00. The number of carbonyl (C=O) groups is 1. The molecule has 128 valence electrons. The first-order chi connectivity index (χ1) is 12.0. The number of rotatable bonds is 3. The van der Waals surface area contributed by atoms with Gasteiger partial charge in [0.25, 0.3) is 0 Å². The minimum Gasteiger partial charge on any atom is -0.284 e. The number of carbonyl (C=O) groups excluding carboxylic acids is 1. The van der Waals surface area contributed by atoms with Gasteiger partial charge in [-0.05, 0) is 44.0 Å². The maximum absolute atomic E-state index is 11.3. The highest BCUT2D eigenvalue weighted by Gasteiger charge is 2.14. The lowest BCUT2D eigenvalue weighted by molar-refractivity contribution is -0.119. The number of amides is 1. The Balaban J connectivity index is 2.29. The van der Waals surface area contributed by atoms with Gasteiger partial charge in [-0.15, -0.1) is 16.4 Å². The van der Waals surface area contributed by atoms with E-state index in [1.54, 1.807) is 0 Å². The number of benzene rings is 2. The standard InChI is InChI=1S/C20H21N3OS/c1-13-10-14(2)19(15(3)11-13)18-12-25-20(22-21-16(4)24)23(18)17-8-6-5-7-9-17/h5-12H,1-4H3,(H,21,24)/b22-20+. The number of nitrogens with one attached hydrogen (secondary N) is 1. The monoisotopic (exact) mass is 351 g/mol. The highest BCUT2D eigenvalue weighted by Crippen LogP contribution is 2.30. The molecule has 0 bridgehead atoms. The molecule has 4 nitrogen and oxygen atoms in total. The summed E-state index contributed by atoms with van der Waals surface area (Å²) in [6.45, 7) is 7.83. The predicted octanol–water partition coefficient (Wildman–Crippen LogP) is 4.08. The van der Waals surface area contributed by atoms with E-state index in [9.17, 15) is 4.79 Å². The quantitative estimate of drug-likeness (QED) is 0.710. The highest BCUT2D eigenvalue weighted by atomic mass is 32.1. The first-order valence-electron chi connectivity index (χ1n) is 8.12. The fraction of sp³-hybridized carbons (Fsp3) is 0.200. The van der Waals surface area contributed by atoms with Crippen LogP contribution in [0.1, 0.15) is 23.6 Å². The van der Waals surface area contributed by atoms with Crippen molar-refractivity contribution in [3.63, 3.8) is 0 Å². The van der Waals surface area contributed by atoms with Crippen molar-refractivity contribution in [2.45, 2.75) is 27.7 Å². The number of hydrogen-bond donors (Lipinski definition) is 1. The molecule has 1 aromatic heterocycles. The van der Waals surface area contributed by atoms with E-state index in [0.717, 1.165) is 16.2 Å². The number of hydrogen-bond acceptors (Lipinski definition) is 3. The molecule has 0 aliphatic rings. The number of thiazole rings is 1. The smallest absolute Gasteiger partial charge is 0.237 e. The topological polar surface area (TPSA) is 46.4 Å². The SMILES string of the molecule is CC(=O)N/N=c1/scc(-c2c(C)cc(C)cc2C)n1-c1ccccc1. The van der Waals surface area contributed by atoms with Crippen molar-refractivity contribution in [1.82, 2.24) is 9.99 Å². The lowest BCUT2D eigenvalue weighted by Gasteiger charge is -2.14. The third-order valence-corrected chi connectivity index (χ3v) is 4.79. The van der Waals surface area contributed by atoms with Crippen molar-refractivity contribution in [3.8, 4) is 16.9 Å². The summed E-state index contributed by atoms with van der Waals surface area (Å²) in [5.74, 6) is -0.183. The summed E-state index contributed by atoms with van der Waals surface area (Å²) in [6, 6.07) is 14.5. The minimum atomic E-state index is -0.183. The number of para-hydroxylation sites is 1. The predicted molar refractivity (Wildman–Crippen MR) is 103 cm³/mol. The minimum absolute atomic E-state index is 0.183. The molecule has 3 aromatic rings. The van der Waals surface area contributed by atoms with Gasteiger partial charge < -0.3 is 0 Å². The normalized spacial score (nSPS) is 11.6. The molecule has 3 rings (SSSR count). The van der Waals surface area contributed by atoms with E-state index in [0.29, 0.717) is 0 Å². The van der Waals surface area contributed by atoms with Crippen LogP contribution in [0.25, 0.3) is 16.9 Å². The zero-order valence-electron chi connectivity index (χ0n) is 14.8. The van der Waals surface area contributed by atoms with Crippen LogP contribution in [-0.2, 0) is 4.79 Å². The van der Waals surface area contributed by atoms with Crippen molar-refractivity contribution in [2.75, 3.05) is 0 Å². The molecule has 2 aromatic carbocycles. The second-order valence-electron chi connectivity index (χ2n) is 6.13. The van der Waals surface area contributed by atoms with Gasteiger partial charge >= 0.3 is 0 Å². The molecule has 0 spiro atoms. The molecule has 1 N–H and O–H groups in total. The van der Waals surface area contributed by atoms with Crippen LogP contribution in [0, 0.1) is 20.8 Å². The van der Waals surface area contributed by atoms with Crippen molar-refractivity contribution in [1.29, 1.82) is 0 Å². The van der Waals surface area contributed by atoms with Gasteiger partial charge in [-0.2, -0.15) is 0 Å². The molecule has 25 heavy (non-hydrogen) atoms. The summed E-state index contributed by atoms with van der Waals surface area (Å²) < 4.78 is 2.09. The summed E-state index contributed by atoms with van der Waals surface area (Å²) >= 11 is 1.51. The van der Waals surface area contributed by atoms with Crippen LogP contribution in [0.15, 0.2) is 52.9 Å². The summed E-state index contributed by atoms with van der Waals surface area (Å²) in [4.78, 5) is 12.0. The lowest BCUT2D eigenvalue weighted by Crippen LogP contribution is -2.22. The Kier molecular flexibility index (Phi) is 4.86. The van der Waals surface area contributed by atoms with E-state index in [2.05, 4.69) is 53.4 Å². The van der Waals surface area contributed by atoms with Crippen molar-refractivity contribution in [3.05, 3.63) is 69.3 Å². The Morgan fingerprint density at radius 1 is 1.08 bits per heavy atom. The maximum atomic E-state index is 11.3. The molecule has 0 aliphatic carbocycles. The van der Waals surface area contributed by atoms with Gasteiger partial charge in [0, 0.05) is 23.6 Å². The molecule has 0 atom stereocenters. The average Bonchev–Trinajstić information content (AvgIpc) is 2.96. The molecule has 1 amide bonds. The van der Waals surface area contributed by atoms with E-state index in [4.69, 9.17) is 0 Å². The molecule has 0 saturated heterocycles. The summed E-state index contributed by atoms with van der Waals surface area (Å²) in [5.41, 5.74) is 9.56. The summed E-state index contributed by atoms with van der Waals surface area (Å²) in [7, 11) is 0. The summed E-state index contributed by atoms with van der Waals surface area (Å²) in [5, 5.41) is 6.38. The third kappa shape index (κ3) is 3.56. The molecule has 0 saturated carbocycles. The van der Waals surface area contributed by atoms with Crippen LogP contribution >= 0.6 is 11.3 Å². The van der Waals surface area contributed by atoms with Crippen LogP contribution in [-0.4, -0.2) is 10.5 Å². The average molecular weight is 351 g/mol. The van der Waals surface area contributed by atoms with Gasteiger partial charge in [0.2, 0.25) is 10.7 Å². The second kappa shape index (κ2) is 7.07. The van der Waals surface area contributed by atoms with Crippen molar-refractivity contribution >= 4 is 17.2 Å². The van der Waals surface area contributed by atoms with Crippen LogP contribution in [0.3, 0.4) is 0 Å². The second-order valence-corrected chi connectivity index (χ2v) is 6.96. The van der Waals surface area contributed by atoms with Crippen molar-refractivity contribution < 1.29 is 4.79 Å². The molecule has 0 fully saturated rings. The Bertz CT molecular complexity index is 961. The van der Waals surface area contributed by atoms with Gasteiger partial charge in [0.15, 0.2) is 0 Å². The van der Waals surface area contributed by atoms with Crippen LogP contribution in [0.4, 0.5) is 0 Å². The Morgan fingerprint density at radius 2 is 1.72 bits per heavy atom. The van der Waals surface area contributed by atoms with Crippen LogP contribution in [0.5, 0.6) is 0 Å². The highest BCUT2D eigenvalue weighted by molar-refractivity contribution is 7.07. The largest absolute Gasteiger partial charge is 0.284 e. The fourth-order valence-electron chi connectivity index (χ4n) is 3.10. The van der Waals surface area contributed by atoms with E-state index in [1.807, 2.05) is 30.3 Å². The Hall–Kier alpha value is -2.66. The lowest BCUT2D eigenvalue weighted by atomic mass is 9.97. The van der Waals surface area contributed by atoms with Crippen molar-refractivity contribution in [2.24, 2.45) is 5.10 Å². The fourth-order valence-corrected chi connectivity index (χ4v) is 3.95. The molecule has 0 aliphatic heterocycles. The maximum Gasteiger partial charge on any atom is 0.237 e. The van der Waals surface area contributed by atoms with Crippen LogP contribution in [0.2, 0.25) is 0 Å². The van der Waals surface area contributed by atoms with Gasteiger partial charge in [-0.25, -0.2) is 5.43 Å². The molecular weight excluding hydrogens is 330 g/mol. The third-order valence-electron chi connectivity index (χ3n) is 3.96. The molecule has 0 radical (unpaired) electrons. The summed E-state index contributed by atoms with van der Waals surface area (Å²) in [6.07, 6.45) is 0.